The molecular weight excluding hydrogens is 254 g/mol. The summed E-state index contributed by atoms with van der Waals surface area (Å²) in [4.78, 5) is 0. The Morgan fingerprint density at radius 3 is 2.42 bits per heavy atom. The van der Waals surface area contributed by atoms with E-state index < -0.39 is 0 Å². The molecule has 0 unspecified atom stereocenters. The molecule has 19 heavy (non-hydrogen) atoms. The first-order valence-corrected chi connectivity index (χ1v) is 6.79. The van der Waals surface area contributed by atoms with E-state index in [1.807, 2.05) is 0 Å². The number of benzene rings is 2. The Labute approximate surface area is 121 Å². The maximum Gasteiger partial charge on any atom is 0.0919 e. The maximum absolute atomic E-state index is 4.37. The predicted molar refractivity (Wildman–Crippen MR) is 74.3 cm³/mol. The smallest absolute Gasteiger partial charge is 0.0919 e. The van der Waals surface area contributed by atoms with E-state index in [4.69, 9.17) is 0 Å². The van der Waals surface area contributed by atoms with Crippen LogP contribution in [0.15, 0.2) is 54.6 Å². The van der Waals surface area contributed by atoms with Crippen molar-refractivity contribution in [1.82, 2.24) is 0 Å². The molecule has 0 bridgehead atoms. The van der Waals surface area contributed by atoms with Gasteiger partial charge in [0.25, 0.3) is 0 Å². The molecule has 1 aliphatic carbocycles. The average molecular weight is 274 g/mol. The third kappa shape index (κ3) is 2.99. The zero-order valence-corrected chi connectivity index (χ0v) is 11.8. The van der Waals surface area contributed by atoms with Crippen molar-refractivity contribution in [1.29, 1.82) is 0 Å². The summed E-state index contributed by atoms with van der Waals surface area (Å²) in [6, 6.07) is 20.2. The fourth-order valence-corrected chi connectivity index (χ4v) is 3.06. The Morgan fingerprint density at radius 1 is 0.947 bits per heavy atom. The van der Waals surface area contributed by atoms with Gasteiger partial charge in [0, 0.05) is 12.3 Å². The number of fused-ring (bicyclic) bond motifs is 1. The van der Waals surface area contributed by atoms with Crippen LogP contribution in [0.2, 0.25) is 0 Å². The van der Waals surface area contributed by atoms with Crippen LogP contribution in [0, 0.1) is 0 Å². The average Bonchev–Trinajstić information content (AvgIpc) is 2.43. The summed E-state index contributed by atoms with van der Waals surface area (Å²) in [6.07, 6.45) is 3.52. The second kappa shape index (κ2) is 6.23. The van der Waals surface area contributed by atoms with Gasteiger partial charge >= 0.3 is 0 Å². The van der Waals surface area contributed by atoms with Crippen LogP contribution in [0.4, 0.5) is 0 Å². The van der Waals surface area contributed by atoms with E-state index in [1.54, 1.807) is 0 Å². The Balaban J connectivity index is 0.00000133. The van der Waals surface area contributed by atoms with Crippen LogP contribution < -0.4 is 18.1 Å². The Bertz CT molecular complexity index is 524. The van der Waals surface area contributed by atoms with Crippen LogP contribution in [-0.2, 0) is 12.8 Å². The van der Waals surface area contributed by atoms with Gasteiger partial charge in [-0.3, -0.25) is 0 Å². The molecule has 2 heteroatoms. The van der Waals surface area contributed by atoms with Crippen molar-refractivity contribution >= 4 is 0 Å². The molecule has 1 aliphatic rings. The second-order valence-corrected chi connectivity index (χ2v) is 5.29. The quantitative estimate of drug-likeness (QED) is 0.770. The Morgan fingerprint density at radius 2 is 1.63 bits per heavy atom. The summed E-state index contributed by atoms with van der Waals surface area (Å²) < 4.78 is 0. The van der Waals surface area contributed by atoms with Crippen LogP contribution in [-0.4, -0.2) is 6.04 Å². The lowest BCUT2D eigenvalue weighted by Crippen LogP contribution is -3.00. The lowest BCUT2D eigenvalue weighted by atomic mass is 9.77. The molecule has 0 radical (unpaired) electrons. The number of rotatable bonds is 2. The van der Waals surface area contributed by atoms with E-state index >= 15 is 0 Å². The first-order chi connectivity index (χ1) is 8.84. The number of hydrogen-bond acceptors (Lipinski definition) is 0. The van der Waals surface area contributed by atoms with Gasteiger partial charge in [-0.25, -0.2) is 0 Å². The summed E-state index contributed by atoms with van der Waals surface area (Å²) in [5, 5.41) is 0. The lowest BCUT2D eigenvalue weighted by molar-refractivity contribution is -0.428. The van der Waals surface area contributed by atoms with Gasteiger partial charge in [-0.1, -0.05) is 54.6 Å². The molecule has 3 rings (SSSR count). The molecule has 100 valence electrons. The number of aryl methyl sites for hydroxylation is 1. The van der Waals surface area contributed by atoms with E-state index in [0.29, 0.717) is 12.0 Å². The van der Waals surface area contributed by atoms with Crippen LogP contribution >= 0.6 is 0 Å². The summed E-state index contributed by atoms with van der Waals surface area (Å²) >= 11 is 0. The van der Waals surface area contributed by atoms with Gasteiger partial charge in [0.1, 0.15) is 0 Å². The molecule has 2 aromatic carbocycles. The Kier molecular flexibility index (Phi) is 4.62. The number of hydrogen-bond donors (Lipinski definition) is 1. The Hall–Kier alpha value is -1.31. The SMILES string of the molecule is [Cl-].[NH3+][C@@H]1CCc2ccccc2[C@@H]1Cc1ccccc1. The van der Waals surface area contributed by atoms with Crippen molar-refractivity contribution in [3.63, 3.8) is 0 Å². The highest BCUT2D eigenvalue weighted by molar-refractivity contribution is 5.35. The zero-order valence-electron chi connectivity index (χ0n) is 11.1. The van der Waals surface area contributed by atoms with Gasteiger partial charge in [0.2, 0.25) is 0 Å². The fraction of sp³-hybridized carbons (Fsp3) is 0.294. The molecule has 3 N–H and O–H groups in total. The molecule has 0 saturated carbocycles. The van der Waals surface area contributed by atoms with Gasteiger partial charge in [-0.05, 0) is 29.5 Å². The van der Waals surface area contributed by atoms with E-state index in [-0.39, 0.29) is 12.4 Å². The van der Waals surface area contributed by atoms with Crippen LogP contribution in [0.5, 0.6) is 0 Å². The molecule has 0 heterocycles. The highest BCUT2D eigenvalue weighted by Gasteiger charge is 2.29. The van der Waals surface area contributed by atoms with Gasteiger partial charge < -0.3 is 18.1 Å². The third-order valence-corrected chi connectivity index (χ3v) is 4.11. The topological polar surface area (TPSA) is 27.6 Å². The second-order valence-electron chi connectivity index (χ2n) is 5.29. The van der Waals surface area contributed by atoms with Gasteiger partial charge in [0.15, 0.2) is 0 Å². The van der Waals surface area contributed by atoms with E-state index in [9.17, 15) is 0 Å². The van der Waals surface area contributed by atoms with Crippen molar-refractivity contribution in [2.45, 2.75) is 31.2 Å². The minimum Gasteiger partial charge on any atom is -1.00 e. The standard InChI is InChI=1S/C17H19N.ClH/c18-17-11-10-14-8-4-5-9-15(14)16(17)12-13-6-2-1-3-7-13;/h1-9,16-17H,10-12,18H2;1H/t16-,17+;/m0./s1. The number of quaternary nitrogens is 1. The summed E-state index contributed by atoms with van der Waals surface area (Å²) in [7, 11) is 0. The van der Waals surface area contributed by atoms with Crippen LogP contribution in [0.3, 0.4) is 0 Å². The molecular formula is C17H20ClN. The molecule has 1 nitrogen and oxygen atoms in total. The van der Waals surface area contributed by atoms with E-state index in [2.05, 4.69) is 60.3 Å². The fourth-order valence-electron chi connectivity index (χ4n) is 3.06. The highest BCUT2D eigenvalue weighted by atomic mass is 35.5. The molecule has 0 fully saturated rings. The summed E-state index contributed by atoms with van der Waals surface area (Å²) in [6.45, 7) is 0. The molecule has 0 aliphatic heterocycles. The van der Waals surface area contributed by atoms with Crippen molar-refractivity contribution in [2.24, 2.45) is 0 Å². The molecule has 2 aromatic rings. The first-order valence-electron chi connectivity index (χ1n) is 6.79. The monoisotopic (exact) mass is 273 g/mol. The van der Waals surface area contributed by atoms with Gasteiger partial charge in [0.05, 0.1) is 6.04 Å². The molecule has 0 spiro atoms. The molecule has 2 atom stereocenters. The molecule has 0 aromatic heterocycles. The largest absolute Gasteiger partial charge is 1.00 e. The van der Waals surface area contributed by atoms with Crippen LogP contribution in [0.25, 0.3) is 0 Å². The highest BCUT2D eigenvalue weighted by Crippen LogP contribution is 2.32. The normalized spacial score (nSPS) is 21.3. The zero-order chi connectivity index (χ0) is 12.4. The maximum atomic E-state index is 4.37. The molecule has 0 amide bonds. The van der Waals surface area contributed by atoms with E-state index in [1.165, 1.54) is 29.5 Å². The predicted octanol–water partition coefficient (Wildman–Crippen LogP) is -0.426. The van der Waals surface area contributed by atoms with E-state index in [0.717, 1.165) is 6.42 Å². The van der Waals surface area contributed by atoms with Crippen molar-refractivity contribution in [3.8, 4) is 0 Å². The summed E-state index contributed by atoms with van der Waals surface area (Å²) in [5.41, 5.74) is 8.85. The first kappa shape index (κ1) is 14.1. The molecule has 0 saturated heterocycles. The van der Waals surface area contributed by atoms with Crippen molar-refractivity contribution in [2.75, 3.05) is 0 Å². The van der Waals surface area contributed by atoms with Gasteiger partial charge in [-0.2, -0.15) is 0 Å². The third-order valence-electron chi connectivity index (χ3n) is 4.11. The van der Waals surface area contributed by atoms with Crippen molar-refractivity contribution in [3.05, 3.63) is 71.3 Å². The van der Waals surface area contributed by atoms with Crippen LogP contribution in [0.1, 0.15) is 29.0 Å². The summed E-state index contributed by atoms with van der Waals surface area (Å²) in [5.74, 6) is 0.581. The minimum atomic E-state index is 0. The minimum absolute atomic E-state index is 0. The van der Waals surface area contributed by atoms with Gasteiger partial charge in [-0.15, -0.1) is 0 Å². The number of halogens is 1. The van der Waals surface area contributed by atoms with Crippen molar-refractivity contribution < 1.29 is 18.1 Å². The lowest BCUT2D eigenvalue weighted by Gasteiger charge is -2.29.